The first kappa shape index (κ1) is 28.6. The van der Waals surface area contributed by atoms with Crippen molar-refractivity contribution in [2.75, 3.05) is 12.0 Å². The lowest BCUT2D eigenvalue weighted by Crippen LogP contribution is -2.46. The van der Waals surface area contributed by atoms with E-state index in [1.807, 2.05) is 0 Å². The quantitative estimate of drug-likeness (QED) is 0.272. The number of aromatic nitrogens is 3. The predicted molar refractivity (Wildman–Crippen MR) is 149 cm³/mol. The number of amides is 2. The van der Waals surface area contributed by atoms with E-state index in [0.29, 0.717) is 34.4 Å². The molecule has 2 aromatic carbocycles. The number of rotatable bonds is 7. The summed E-state index contributed by atoms with van der Waals surface area (Å²) in [5.74, 6) is -1.36. The van der Waals surface area contributed by atoms with Gasteiger partial charge < -0.3 is 10.1 Å². The molecule has 2 aliphatic carbocycles. The molecule has 0 aliphatic heterocycles. The molecule has 0 saturated heterocycles. The molecule has 6 rings (SSSR count). The Hall–Kier alpha value is -4.48. The standard InChI is InChI=1S/C31H29F4N5O3/c1-43-22-15-9-18(10-16-22)27(29(41)36-20-5-2-3-6-20)39(21-13-11-19(32)12-14-21)30(42)25-17-26-37-24-8-4-7-23(24)28(31(33,34)35)40(26)38-25/h9-17,20,27H,2-8H2,1H3,(H,36,41)/t27-/m0/s1. The molecule has 0 unspecified atom stereocenters. The highest BCUT2D eigenvalue weighted by molar-refractivity contribution is 6.09. The number of benzene rings is 2. The van der Waals surface area contributed by atoms with E-state index in [9.17, 15) is 27.2 Å². The second kappa shape index (κ2) is 11.3. The molecule has 2 heterocycles. The zero-order valence-corrected chi connectivity index (χ0v) is 23.3. The number of fused-ring (bicyclic) bond motifs is 2. The summed E-state index contributed by atoms with van der Waals surface area (Å²) in [5, 5.41) is 7.14. The molecular weight excluding hydrogens is 566 g/mol. The van der Waals surface area contributed by atoms with Crippen molar-refractivity contribution in [3.05, 3.63) is 88.6 Å². The molecule has 0 radical (unpaired) electrons. The van der Waals surface area contributed by atoms with Crippen molar-refractivity contribution in [2.24, 2.45) is 0 Å². The number of nitrogens with one attached hydrogen (secondary N) is 1. The second-order valence-electron chi connectivity index (χ2n) is 10.9. The second-order valence-corrected chi connectivity index (χ2v) is 10.9. The molecule has 1 atom stereocenters. The average Bonchev–Trinajstić information content (AvgIpc) is 3.75. The van der Waals surface area contributed by atoms with E-state index in [0.717, 1.165) is 42.7 Å². The molecular formula is C31H29F4N5O3. The van der Waals surface area contributed by atoms with Gasteiger partial charge >= 0.3 is 6.18 Å². The summed E-state index contributed by atoms with van der Waals surface area (Å²) in [7, 11) is 1.50. The van der Waals surface area contributed by atoms with Crippen molar-refractivity contribution in [1.82, 2.24) is 19.9 Å². The first-order chi connectivity index (χ1) is 20.6. The Balaban J connectivity index is 1.50. The molecule has 8 nitrogen and oxygen atoms in total. The Morgan fingerprint density at radius 2 is 1.72 bits per heavy atom. The molecule has 2 amide bonds. The normalized spacial score (nSPS) is 15.8. The number of methoxy groups -OCH3 is 1. The van der Waals surface area contributed by atoms with Gasteiger partial charge in [0.2, 0.25) is 5.91 Å². The van der Waals surface area contributed by atoms with E-state index >= 15 is 0 Å². The van der Waals surface area contributed by atoms with Crippen LogP contribution < -0.4 is 15.0 Å². The number of carbonyl (C=O) groups is 2. The van der Waals surface area contributed by atoms with Crippen LogP contribution in [0.3, 0.4) is 0 Å². The molecule has 1 fully saturated rings. The highest BCUT2D eigenvalue weighted by Gasteiger charge is 2.41. The lowest BCUT2D eigenvalue weighted by atomic mass is 10.0. The van der Waals surface area contributed by atoms with E-state index in [1.54, 1.807) is 24.3 Å². The third-order valence-electron chi connectivity index (χ3n) is 8.08. The topological polar surface area (TPSA) is 88.8 Å². The van der Waals surface area contributed by atoms with Gasteiger partial charge in [0.15, 0.2) is 17.0 Å². The number of hydrogen-bond donors (Lipinski definition) is 1. The summed E-state index contributed by atoms with van der Waals surface area (Å²) in [6.07, 6.45) is -0.0985. The zero-order valence-electron chi connectivity index (χ0n) is 23.3. The van der Waals surface area contributed by atoms with Crippen LogP contribution >= 0.6 is 0 Å². The minimum atomic E-state index is -4.73. The summed E-state index contributed by atoms with van der Waals surface area (Å²) in [6.45, 7) is 0. The van der Waals surface area contributed by atoms with E-state index < -0.39 is 35.5 Å². The van der Waals surface area contributed by atoms with Crippen LogP contribution in [0.15, 0.2) is 54.6 Å². The van der Waals surface area contributed by atoms with E-state index in [1.165, 1.54) is 25.3 Å². The fraction of sp³-hybridized carbons (Fsp3) is 0.355. The SMILES string of the molecule is COc1ccc([C@@H](C(=O)NC2CCCC2)N(C(=O)c2cc3nc4c(c(C(F)(F)F)n3n2)CCC4)c2ccc(F)cc2)cc1. The summed E-state index contributed by atoms with van der Waals surface area (Å²) >= 11 is 0. The van der Waals surface area contributed by atoms with E-state index in [2.05, 4.69) is 15.4 Å². The molecule has 2 aliphatic rings. The highest BCUT2D eigenvalue weighted by atomic mass is 19.4. The van der Waals surface area contributed by atoms with Crippen molar-refractivity contribution < 1.29 is 31.9 Å². The third kappa shape index (κ3) is 5.53. The predicted octanol–water partition coefficient (Wildman–Crippen LogP) is 5.83. The monoisotopic (exact) mass is 595 g/mol. The van der Waals surface area contributed by atoms with Crippen molar-refractivity contribution in [3.63, 3.8) is 0 Å². The van der Waals surface area contributed by atoms with Crippen molar-refractivity contribution in [3.8, 4) is 5.75 Å². The van der Waals surface area contributed by atoms with Crippen LogP contribution in [0.1, 0.15) is 71.1 Å². The Kier molecular flexibility index (Phi) is 7.53. The number of carbonyl (C=O) groups excluding carboxylic acids is 2. The Labute approximate surface area is 244 Å². The number of alkyl halides is 3. The van der Waals surface area contributed by atoms with Gasteiger partial charge in [0, 0.05) is 29.1 Å². The molecule has 1 saturated carbocycles. The minimum Gasteiger partial charge on any atom is -0.497 e. The fourth-order valence-electron chi connectivity index (χ4n) is 6.05. The van der Waals surface area contributed by atoms with Gasteiger partial charge in [0.05, 0.1) is 7.11 Å². The van der Waals surface area contributed by atoms with Gasteiger partial charge in [-0.1, -0.05) is 25.0 Å². The van der Waals surface area contributed by atoms with Crippen LogP contribution in [-0.2, 0) is 23.8 Å². The largest absolute Gasteiger partial charge is 0.497 e. The third-order valence-corrected chi connectivity index (χ3v) is 8.08. The lowest BCUT2D eigenvalue weighted by molar-refractivity contribution is -0.143. The van der Waals surface area contributed by atoms with E-state index in [4.69, 9.17) is 4.74 Å². The first-order valence-electron chi connectivity index (χ1n) is 14.2. The maximum atomic E-state index is 14.3. The van der Waals surface area contributed by atoms with Gasteiger partial charge in [-0.25, -0.2) is 13.9 Å². The molecule has 224 valence electrons. The molecule has 2 aromatic heterocycles. The van der Waals surface area contributed by atoms with Gasteiger partial charge in [0.1, 0.15) is 17.6 Å². The van der Waals surface area contributed by atoms with Crippen LogP contribution in [0, 0.1) is 5.82 Å². The number of halogens is 4. The van der Waals surface area contributed by atoms with Crippen molar-refractivity contribution in [1.29, 1.82) is 0 Å². The summed E-state index contributed by atoms with van der Waals surface area (Å²) in [6, 6.07) is 11.4. The van der Waals surface area contributed by atoms with Crippen molar-refractivity contribution in [2.45, 2.75) is 63.2 Å². The smallest absolute Gasteiger partial charge is 0.433 e. The molecule has 4 aromatic rings. The first-order valence-corrected chi connectivity index (χ1v) is 14.2. The number of nitrogens with zero attached hydrogens (tertiary/aromatic N) is 4. The minimum absolute atomic E-state index is 0.0736. The van der Waals surface area contributed by atoms with Gasteiger partial charge in [-0.05, 0) is 74.1 Å². The Morgan fingerprint density at radius 3 is 2.37 bits per heavy atom. The van der Waals surface area contributed by atoms with Gasteiger partial charge in [-0.2, -0.15) is 18.3 Å². The van der Waals surface area contributed by atoms with Crippen LogP contribution in [0.25, 0.3) is 5.65 Å². The zero-order chi connectivity index (χ0) is 30.3. The summed E-state index contributed by atoms with van der Waals surface area (Å²) < 4.78 is 62.7. The summed E-state index contributed by atoms with van der Waals surface area (Å²) in [4.78, 5) is 33.8. The van der Waals surface area contributed by atoms with Crippen LogP contribution in [0.2, 0.25) is 0 Å². The lowest BCUT2D eigenvalue weighted by Gasteiger charge is -2.32. The van der Waals surface area contributed by atoms with Gasteiger partial charge in [0.25, 0.3) is 5.91 Å². The molecule has 43 heavy (non-hydrogen) atoms. The highest BCUT2D eigenvalue weighted by Crippen LogP contribution is 2.37. The molecule has 12 heteroatoms. The number of hydrogen-bond acceptors (Lipinski definition) is 5. The number of ether oxygens (including phenoxy) is 1. The average molecular weight is 596 g/mol. The Bertz CT molecular complexity index is 1660. The van der Waals surface area contributed by atoms with Crippen LogP contribution in [0.5, 0.6) is 5.75 Å². The number of anilines is 1. The summed E-state index contributed by atoms with van der Waals surface area (Å²) in [5.41, 5.74) is -0.415. The Morgan fingerprint density at radius 1 is 1.02 bits per heavy atom. The van der Waals surface area contributed by atoms with Crippen LogP contribution in [-0.4, -0.2) is 39.6 Å². The van der Waals surface area contributed by atoms with Gasteiger partial charge in [-0.15, -0.1) is 0 Å². The fourth-order valence-corrected chi connectivity index (χ4v) is 6.05. The maximum Gasteiger partial charge on any atom is 0.433 e. The maximum absolute atomic E-state index is 14.3. The van der Waals surface area contributed by atoms with Crippen molar-refractivity contribution >= 4 is 23.1 Å². The number of aryl methyl sites for hydroxylation is 1. The molecule has 0 bridgehead atoms. The van der Waals surface area contributed by atoms with Gasteiger partial charge in [-0.3, -0.25) is 14.5 Å². The van der Waals surface area contributed by atoms with Crippen LogP contribution in [0.4, 0.5) is 23.2 Å². The molecule has 1 N–H and O–H groups in total. The molecule has 0 spiro atoms. The van der Waals surface area contributed by atoms with E-state index in [-0.39, 0.29) is 35.1 Å².